The molecule has 0 saturated carbocycles. The first-order valence-corrected chi connectivity index (χ1v) is 15.3. The van der Waals surface area contributed by atoms with Crippen molar-refractivity contribution < 1.29 is 36.3 Å². The molecule has 0 aromatic heterocycles. The van der Waals surface area contributed by atoms with E-state index in [1.165, 1.54) is 12.1 Å². The molecule has 236 valence electrons. The van der Waals surface area contributed by atoms with Crippen molar-refractivity contribution >= 4 is 27.7 Å². The van der Waals surface area contributed by atoms with Crippen molar-refractivity contribution in [2.75, 3.05) is 5.32 Å². The minimum atomic E-state index is -4.43. The molecule has 2 amide bonds. The number of aliphatic carboxylic acids is 1. The number of amides is 2. The van der Waals surface area contributed by atoms with E-state index in [2.05, 4.69) is 15.4 Å². The van der Waals surface area contributed by atoms with Gasteiger partial charge in [0.15, 0.2) is 0 Å². The molecular weight excluding hydrogens is 607 g/mol. The zero-order chi connectivity index (χ0) is 32.9. The molecule has 0 radical (unpaired) electrons. The second-order valence-corrected chi connectivity index (χ2v) is 12.4. The first kappa shape index (κ1) is 33.2. The molecule has 0 heterocycles. The minimum Gasteiger partial charge on any atom is -0.480 e. The van der Waals surface area contributed by atoms with E-state index in [9.17, 15) is 36.3 Å². The van der Waals surface area contributed by atoms with Gasteiger partial charge >= 0.3 is 18.2 Å². The molecule has 12 heteroatoms. The van der Waals surface area contributed by atoms with Crippen LogP contribution in [0.15, 0.2) is 89.8 Å². The van der Waals surface area contributed by atoms with E-state index in [0.717, 1.165) is 28.8 Å². The normalized spacial score (nSPS) is 12.4. The van der Waals surface area contributed by atoms with Crippen LogP contribution in [0.5, 0.6) is 0 Å². The predicted molar refractivity (Wildman–Crippen MR) is 165 cm³/mol. The van der Waals surface area contributed by atoms with Crippen LogP contribution in [-0.4, -0.2) is 31.6 Å². The number of aryl methyl sites for hydroxylation is 3. The quantitative estimate of drug-likeness (QED) is 0.156. The number of carboxylic acid groups (broad SMARTS) is 1. The third-order valence-electron chi connectivity index (χ3n) is 7.05. The van der Waals surface area contributed by atoms with Crippen LogP contribution in [0.3, 0.4) is 0 Å². The van der Waals surface area contributed by atoms with Crippen LogP contribution in [0.4, 0.5) is 23.7 Å². The summed E-state index contributed by atoms with van der Waals surface area (Å²) in [7, 11) is -4.11. The summed E-state index contributed by atoms with van der Waals surface area (Å²) in [5.74, 6) is -1.31. The number of alkyl halides is 3. The molecule has 4 N–H and O–H groups in total. The monoisotopic (exact) mass is 639 g/mol. The van der Waals surface area contributed by atoms with Gasteiger partial charge in [-0.3, -0.25) is 4.79 Å². The Labute approximate surface area is 259 Å². The number of hydrogen-bond donors (Lipinski definition) is 4. The van der Waals surface area contributed by atoms with Crippen molar-refractivity contribution in [1.82, 2.24) is 10.0 Å². The van der Waals surface area contributed by atoms with Crippen molar-refractivity contribution in [3.63, 3.8) is 0 Å². The summed E-state index contributed by atoms with van der Waals surface area (Å²) in [6.45, 7) is 5.22. The summed E-state index contributed by atoms with van der Waals surface area (Å²) < 4.78 is 66.9. The highest BCUT2D eigenvalue weighted by Gasteiger charge is 2.30. The van der Waals surface area contributed by atoms with Crippen LogP contribution in [0.25, 0.3) is 11.1 Å². The van der Waals surface area contributed by atoms with E-state index in [4.69, 9.17) is 0 Å². The average molecular weight is 640 g/mol. The SMILES string of the molecule is Cc1cc(C)c(S(=O)(=O)NC(Cc2ccc(-c3cccc(NC(=O)NCc4ccc(C(F)(F)F)cc4)c3)cc2)C(=O)O)c(C)c1. The second-order valence-electron chi connectivity index (χ2n) is 10.7. The van der Waals surface area contributed by atoms with Gasteiger partial charge in [0.05, 0.1) is 10.5 Å². The molecule has 0 aliphatic rings. The maximum atomic E-state index is 13.1. The minimum absolute atomic E-state index is 0.0306. The zero-order valence-corrected chi connectivity index (χ0v) is 25.5. The van der Waals surface area contributed by atoms with Gasteiger partial charge in [-0.05, 0) is 84.8 Å². The Morgan fingerprint density at radius 1 is 0.822 bits per heavy atom. The number of carbonyl (C=O) groups is 2. The summed E-state index contributed by atoms with van der Waals surface area (Å²) >= 11 is 0. The lowest BCUT2D eigenvalue weighted by Gasteiger charge is -2.18. The van der Waals surface area contributed by atoms with Gasteiger partial charge in [0.1, 0.15) is 6.04 Å². The Balaban J connectivity index is 1.39. The number of nitrogens with one attached hydrogen (secondary N) is 3. The highest BCUT2D eigenvalue weighted by molar-refractivity contribution is 7.89. The van der Waals surface area contributed by atoms with Gasteiger partial charge in [-0.25, -0.2) is 13.2 Å². The number of benzene rings is 4. The molecule has 0 aliphatic carbocycles. The highest BCUT2D eigenvalue weighted by atomic mass is 32.2. The number of carbonyl (C=O) groups excluding carboxylic acids is 1. The van der Waals surface area contributed by atoms with E-state index < -0.39 is 39.8 Å². The maximum Gasteiger partial charge on any atom is 0.416 e. The Morgan fingerprint density at radius 2 is 1.42 bits per heavy atom. The highest BCUT2D eigenvalue weighted by Crippen LogP contribution is 2.29. The summed E-state index contributed by atoms with van der Waals surface area (Å²) in [6.07, 6.45) is -4.52. The molecule has 0 aliphatic heterocycles. The zero-order valence-electron chi connectivity index (χ0n) is 24.7. The van der Waals surface area contributed by atoms with Crippen LogP contribution in [0.1, 0.15) is 33.4 Å². The van der Waals surface area contributed by atoms with Gasteiger partial charge in [-0.15, -0.1) is 0 Å². The molecule has 4 aromatic carbocycles. The van der Waals surface area contributed by atoms with Crippen molar-refractivity contribution in [2.24, 2.45) is 0 Å². The molecule has 45 heavy (non-hydrogen) atoms. The largest absolute Gasteiger partial charge is 0.480 e. The molecule has 4 aromatic rings. The van der Waals surface area contributed by atoms with Gasteiger partial charge in [0.25, 0.3) is 0 Å². The van der Waals surface area contributed by atoms with Crippen molar-refractivity contribution in [1.29, 1.82) is 0 Å². The summed E-state index contributed by atoms with van der Waals surface area (Å²) in [6, 6.07) is 19.9. The lowest BCUT2D eigenvalue weighted by atomic mass is 10.0. The summed E-state index contributed by atoms with van der Waals surface area (Å²) in [4.78, 5) is 24.5. The van der Waals surface area contributed by atoms with Gasteiger partial charge in [-0.1, -0.05) is 66.2 Å². The van der Waals surface area contributed by atoms with Crippen LogP contribution >= 0.6 is 0 Å². The third-order valence-corrected chi connectivity index (χ3v) is 8.83. The van der Waals surface area contributed by atoms with Crippen LogP contribution in [0.2, 0.25) is 0 Å². The molecule has 1 unspecified atom stereocenters. The Kier molecular flexibility index (Phi) is 9.99. The van der Waals surface area contributed by atoms with Gasteiger partial charge < -0.3 is 15.7 Å². The smallest absolute Gasteiger partial charge is 0.416 e. The lowest BCUT2D eigenvalue weighted by Crippen LogP contribution is -2.42. The first-order valence-electron chi connectivity index (χ1n) is 13.9. The van der Waals surface area contributed by atoms with Crippen molar-refractivity contribution in [3.05, 3.63) is 118 Å². The number of hydrogen-bond acceptors (Lipinski definition) is 4. The third kappa shape index (κ3) is 8.70. The van der Waals surface area contributed by atoms with Crippen LogP contribution in [0, 0.1) is 20.8 Å². The molecule has 0 spiro atoms. The van der Waals surface area contributed by atoms with Crippen molar-refractivity contribution in [2.45, 2.75) is 50.9 Å². The second kappa shape index (κ2) is 13.5. The average Bonchev–Trinajstić information content (AvgIpc) is 2.95. The number of halogens is 3. The Morgan fingerprint density at radius 3 is 2.00 bits per heavy atom. The summed E-state index contributed by atoms with van der Waals surface area (Å²) in [5.41, 5.74) is 4.30. The van der Waals surface area contributed by atoms with Crippen LogP contribution < -0.4 is 15.4 Å². The number of carboxylic acids is 1. The number of anilines is 1. The number of urea groups is 1. The predicted octanol–water partition coefficient (Wildman–Crippen LogP) is 6.59. The number of rotatable bonds is 10. The Bertz CT molecular complexity index is 1780. The molecule has 0 saturated heterocycles. The standard InChI is InChI=1S/C33H32F3N3O5S/c1-20-15-21(2)30(22(3)16-20)45(43,44)39-29(31(40)41)17-23-7-11-25(12-8-23)26-5-4-6-28(18-26)38-32(42)37-19-24-9-13-27(14-10-24)33(34,35)36/h4-16,18,29,39H,17,19H2,1-3H3,(H,40,41)(H2,37,38,42). The maximum absolute atomic E-state index is 13.1. The summed E-state index contributed by atoms with van der Waals surface area (Å²) in [5, 5.41) is 15.1. The van der Waals surface area contributed by atoms with Crippen molar-refractivity contribution in [3.8, 4) is 11.1 Å². The van der Waals surface area contributed by atoms with Crippen LogP contribution in [-0.2, 0) is 34.0 Å². The molecule has 4 rings (SSSR count). The van der Waals surface area contributed by atoms with E-state index >= 15 is 0 Å². The first-order chi connectivity index (χ1) is 21.1. The Hall–Kier alpha value is -4.68. The molecule has 8 nitrogen and oxygen atoms in total. The van der Waals surface area contributed by atoms with E-state index in [1.54, 1.807) is 68.4 Å². The fourth-order valence-electron chi connectivity index (χ4n) is 5.03. The van der Waals surface area contributed by atoms with Gasteiger partial charge in [0, 0.05) is 12.2 Å². The van der Waals surface area contributed by atoms with E-state index in [-0.39, 0.29) is 17.9 Å². The lowest BCUT2D eigenvalue weighted by molar-refractivity contribution is -0.139. The fourth-order valence-corrected chi connectivity index (χ4v) is 6.67. The fraction of sp³-hybridized carbons (Fsp3) is 0.212. The topological polar surface area (TPSA) is 125 Å². The molecule has 0 bridgehead atoms. The van der Waals surface area contributed by atoms with Gasteiger partial charge in [0.2, 0.25) is 10.0 Å². The molecule has 1 atom stereocenters. The van der Waals surface area contributed by atoms with E-state index in [1.807, 2.05) is 13.0 Å². The number of sulfonamides is 1. The molecule has 0 fully saturated rings. The van der Waals surface area contributed by atoms with E-state index in [0.29, 0.717) is 27.9 Å². The molecular formula is C33H32F3N3O5S. The van der Waals surface area contributed by atoms with Gasteiger partial charge in [-0.2, -0.15) is 17.9 Å².